The fourth-order valence-corrected chi connectivity index (χ4v) is 4.51. The Morgan fingerprint density at radius 3 is 2.61 bits per heavy atom. The summed E-state index contributed by atoms with van der Waals surface area (Å²) in [6.07, 6.45) is 10.8. The topological polar surface area (TPSA) is 106 Å². The van der Waals surface area contributed by atoms with Gasteiger partial charge in [-0.15, -0.1) is 0 Å². The van der Waals surface area contributed by atoms with Crippen molar-refractivity contribution in [1.82, 2.24) is 20.4 Å². The lowest BCUT2D eigenvalue weighted by molar-refractivity contribution is 0.149. The second kappa shape index (κ2) is 9.45. The molecule has 28 heavy (non-hydrogen) atoms. The standard InChI is InChI=1S/C21H36N6O/c1-4-16-13-27(11-10-19(16)25-17-8-6-5-7-9-17)20(23)18(12-14(2)22)21-24-15(3)26-28-21/h12,16-17,19,25H,4-11,13,22-23H2,1-3H3/b14-12-,20-18-. The molecule has 1 aromatic rings. The van der Waals surface area contributed by atoms with Gasteiger partial charge in [-0.05, 0) is 45.1 Å². The van der Waals surface area contributed by atoms with Crippen LogP contribution in [0.2, 0.25) is 0 Å². The minimum Gasteiger partial charge on any atom is -0.402 e. The number of allylic oxidation sites excluding steroid dienone is 3. The van der Waals surface area contributed by atoms with Crippen LogP contribution in [0.15, 0.2) is 22.1 Å². The molecule has 0 aromatic carbocycles. The summed E-state index contributed by atoms with van der Waals surface area (Å²) in [7, 11) is 0. The third kappa shape index (κ3) is 5.07. The molecule has 156 valence electrons. The van der Waals surface area contributed by atoms with Crippen molar-refractivity contribution >= 4 is 5.57 Å². The van der Waals surface area contributed by atoms with Gasteiger partial charge < -0.3 is 26.2 Å². The molecule has 1 aromatic heterocycles. The Morgan fingerprint density at radius 1 is 1.25 bits per heavy atom. The number of nitrogens with one attached hydrogen (secondary N) is 1. The van der Waals surface area contributed by atoms with Gasteiger partial charge in [-0.2, -0.15) is 4.98 Å². The van der Waals surface area contributed by atoms with E-state index in [0.717, 1.165) is 25.9 Å². The van der Waals surface area contributed by atoms with Crippen LogP contribution in [0.3, 0.4) is 0 Å². The number of aryl methyl sites for hydroxylation is 1. The molecule has 1 aliphatic carbocycles. The predicted molar refractivity (Wildman–Crippen MR) is 112 cm³/mol. The first kappa shape index (κ1) is 20.7. The summed E-state index contributed by atoms with van der Waals surface area (Å²) in [5.41, 5.74) is 13.9. The van der Waals surface area contributed by atoms with Gasteiger partial charge in [-0.1, -0.05) is 37.8 Å². The Kier molecular flexibility index (Phi) is 6.99. The molecule has 2 fully saturated rings. The maximum Gasteiger partial charge on any atom is 0.261 e. The van der Waals surface area contributed by atoms with Gasteiger partial charge in [-0.25, -0.2) is 0 Å². The summed E-state index contributed by atoms with van der Waals surface area (Å²) in [4.78, 5) is 6.61. The zero-order valence-electron chi connectivity index (χ0n) is 17.6. The van der Waals surface area contributed by atoms with E-state index in [9.17, 15) is 0 Å². The van der Waals surface area contributed by atoms with Gasteiger partial charge in [-0.3, -0.25) is 0 Å². The lowest BCUT2D eigenvalue weighted by Gasteiger charge is -2.42. The largest absolute Gasteiger partial charge is 0.402 e. The van der Waals surface area contributed by atoms with Crippen LogP contribution in [0.5, 0.6) is 0 Å². The molecule has 0 bridgehead atoms. The Hall–Kier alpha value is -2.02. The Morgan fingerprint density at radius 2 is 2.00 bits per heavy atom. The van der Waals surface area contributed by atoms with E-state index >= 15 is 0 Å². The molecular formula is C21H36N6O. The first-order valence-electron chi connectivity index (χ1n) is 10.7. The Bertz CT molecular complexity index is 700. The quantitative estimate of drug-likeness (QED) is 0.643. The molecule has 2 heterocycles. The number of nitrogens with two attached hydrogens (primary N) is 2. The van der Waals surface area contributed by atoms with E-state index in [0.29, 0.717) is 46.8 Å². The molecule has 1 aliphatic heterocycles. The van der Waals surface area contributed by atoms with Gasteiger partial charge >= 0.3 is 0 Å². The van der Waals surface area contributed by atoms with Gasteiger partial charge in [0.05, 0.1) is 5.57 Å². The number of rotatable bonds is 6. The SMILES string of the molecule is CCC1CN(/C(N)=C(/C=C(/C)N)c2nc(C)no2)CCC1NC1CCCCC1. The van der Waals surface area contributed by atoms with Crippen LogP contribution < -0.4 is 16.8 Å². The van der Waals surface area contributed by atoms with Crippen molar-refractivity contribution in [2.45, 2.75) is 77.8 Å². The first-order valence-corrected chi connectivity index (χ1v) is 10.7. The second-order valence-corrected chi connectivity index (χ2v) is 8.35. The van der Waals surface area contributed by atoms with Crippen molar-refractivity contribution < 1.29 is 4.52 Å². The van der Waals surface area contributed by atoms with Gasteiger partial charge in [0.1, 0.15) is 5.82 Å². The van der Waals surface area contributed by atoms with Crippen LogP contribution in [-0.4, -0.2) is 40.2 Å². The molecule has 2 aliphatic rings. The molecule has 0 spiro atoms. The van der Waals surface area contributed by atoms with Crippen LogP contribution in [0.4, 0.5) is 0 Å². The van der Waals surface area contributed by atoms with Crippen molar-refractivity contribution in [2.24, 2.45) is 17.4 Å². The molecule has 2 unspecified atom stereocenters. The third-order valence-corrected chi connectivity index (χ3v) is 6.06. The summed E-state index contributed by atoms with van der Waals surface area (Å²) in [6.45, 7) is 7.76. The van der Waals surface area contributed by atoms with Crippen LogP contribution in [0.1, 0.15) is 70.5 Å². The minimum atomic E-state index is 0.426. The lowest BCUT2D eigenvalue weighted by atomic mass is 9.87. The van der Waals surface area contributed by atoms with E-state index in [1.165, 1.54) is 32.1 Å². The van der Waals surface area contributed by atoms with Crippen molar-refractivity contribution in [2.75, 3.05) is 13.1 Å². The summed E-state index contributed by atoms with van der Waals surface area (Å²) in [5, 5.41) is 7.86. The molecule has 3 rings (SSSR count). The average molecular weight is 389 g/mol. The first-order chi connectivity index (χ1) is 13.5. The summed E-state index contributed by atoms with van der Waals surface area (Å²) < 4.78 is 5.38. The van der Waals surface area contributed by atoms with Crippen LogP contribution in [0, 0.1) is 12.8 Å². The maximum absolute atomic E-state index is 6.59. The number of hydrogen-bond donors (Lipinski definition) is 3. The highest BCUT2D eigenvalue weighted by Crippen LogP contribution is 2.28. The minimum absolute atomic E-state index is 0.426. The van der Waals surface area contributed by atoms with E-state index < -0.39 is 0 Å². The van der Waals surface area contributed by atoms with Crippen molar-refractivity contribution in [3.63, 3.8) is 0 Å². The highest BCUT2D eigenvalue weighted by molar-refractivity contribution is 5.71. The fraction of sp³-hybridized carbons (Fsp3) is 0.714. The van der Waals surface area contributed by atoms with E-state index in [-0.39, 0.29) is 0 Å². The number of nitrogens with zero attached hydrogens (tertiary/aromatic N) is 3. The molecular weight excluding hydrogens is 352 g/mol. The molecule has 0 amide bonds. The predicted octanol–water partition coefficient (Wildman–Crippen LogP) is 2.89. The Balaban J connectivity index is 1.75. The maximum atomic E-state index is 6.59. The number of aromatic nitrogens is 2. The summed E-state index contributed by atoms with van der Waals surface area (Å²) in [5.74, 6) is 2.26. The van der Waals surface area contributed by atoms with E-state index in [1.54, 1.807) is 6.92 Å². The average Bonchev–Trinajstić information content (AvgIpc) is 3.12. The van der Waals surface area contributed by atoms with Gasteiger partial charge in [0, 0.05) is 30.9 Å². The second-order valence-electron chi connectivity index (χ2n) is 8.35. The summed E-state index contributed by atoms with van der Waals surface area (Å²) in [6, 6.07) is 1.25. The van der Waals surface area contributed by atoms with Crippen LogP contribution in [-0.2, 0) is 0 Å². The van der Waals surface area contributed by atoms with Gasteiger partial charge in [0.2, 0.25) is 0 Å². The molecule has 5 N–H and O–H groups in total. The zero-order valence-corrected chi connectivity index (χ0v) is 17.6. The molecule has 0 radical (unpaired) electrons. The molecule has 2 atom stereocenters. The van der Waals surface area contributed by atoms with Crippen molar-refractivity contribution in [3.05, 3.63) is 29.3 Å². The molecule has 1 saturated carbocycles. The van der Waals surface area contributed by atoms with E-state index in [1.807, 2.05) is 13.0 Å². The van der Waals surface area contributed by atoms with E-state index in [4.69, 9.17) is 16.0 Å². The molecule has 7 heteroatoms. The van der Waals surface area contributed by atoms with Gasteiger partial charge in [0.25, 0.3) is 5.89 Å². The zero-order chi connectivity index (χ0) is 20.1. The number of piperidine rings is 1. The van der Waals surface area contributed by atoms with E-state index in [2.05, 4.69) is 27.3 Å². The fourth-order valence-electron chi connectivity index (χ4n) is 4.51. The normalized spacial score (nSPS) is 25.7. The smallest absolute Gasteiger partial charge is 0.261 e. The number of hydrogen-bond acceptors (Lipinski definition) is 7. The molecule has 7 nitrogen and oxygen atoms in total. The monoisotopic (exact) mass is 388 g/mol. The third-order valence-electron chi connectivity index (χ3n) is 6.06. The lowest BCUT2D eigenvalue weighted by Crippen LogP contribution is -2.52. The highest BCUT2D eigenvalue weighted by Gasteiger charge is 2.31. The van der Waals surface area contributed by atoms with Crippen LogP contribution >= 0.6 is 0 Å². The Labute approximate surface area is 168 Å². The van der Waals surface area contributed by atoms with Crippen molar-refractivity contribution in [3.8, 4) is 0 Å². The molecule has 1 saturated heterocycles. The summed E-state index contributed by atoms with van der Waals surface area (Å²) >= 11 is 0. The van der Waals surface area contributed by atoms with Gasteiger partial charge in [0.15, 0.2) is 5.82 Å². The number of likely N-dealkylation sites (tertiary alicyclic amines) is 1. The highest BCUT2D eigenvalue weighted by atomic mass is 16.5. The van der Waals surface area contributed by atoms with Crippen LogP contribution in [0.25, 0.3) is 5.57 Å². The van der Waals surface area contributed by atoms with Crippen molar-refractivity contribution in [1.29, 1.82) is 0 Å².